The van der Waals surface area contributed by atoms with Gasteiger partial charge in [0.05, 0.1) is 12.1 Å². The number of aliphatic hydroxyl groups excluding tert-OH is 1. The van der Waals surface area contributed by atoms with Crippen LogP contribution in [-0.4, -0.2) is 10.1 Å². The van der Waals surface area contributed by atoms with E-state index in [9.17, 15) is 0 Å². The predicted octanol–water partition coefficient (Wildman–Crippen LogP) is 4.17. The highest BCUT2D eigenvalue weighted by atomic mass is 35.5. The zero-order valence-corrected chi connectivity index (χ0v) is 11.3. The van der Waals surface area contributed by atoms with Crippen LogP contribution in [0.2, 0.25) is 5.02 Å². The molecule has 0 amide bonds. The third-order valence-electron chi connectivity index (χ3n) is 3.00. The quantitative estimate of drug-likeness (QED) is 0.785. The molecule has 0 atom stereocenters. The predicted molar refractivity (Wildman–Crippen MR) is 79.2 cm³/mol. The lowest BCUT2D eigenvalue weighted by Gasteiger charge is -2.09. The summed E-state index contributed by atoms with van der Waals surface area (Å²) in [6.07, 6.45) is 1.69. The van der Waals surface area contributed by atoms with Crippen molar-refractivity contribution in [3.63, 3.8) is 0 Å². The van der Waals surface area contributed by atoms with Crippen molar-refractivity contribution in [1.82, 2.24) is 4.98 Å². The fraction of sp³-hybridized carbons (Fsp3) is 0.0625. The maximum absolute atomic E-state index is 9.02. The minimum Gasteiger partial charge on any atom is -0.457 e. The maximum Gasteiger partial charge on any atom is 0.138 e. The van der Waals surface area contributed by atoms with E-state index in [1.54, 1.807) is 12.3 Å². The van der Waals surface area contributed by atoms with Crippen molar-refractivity contribution in [3.8, 4) is 11.5 Å². The number of ether oxygens (including phenoxy) is 1. The first kappa shape index (κ1) is 12.9. The average molecular weight is 286 g/mol. The van der Waals surface area contributed by atoms with Crippen LogP contribution in [0, 0.1) is 0 Å². The van der Waals surface area contributed by atoms with E-state index in [4.69, 9.17) is 21.4 Å². The number of hydrogen-bond donors (Lipinski definition) is 1. The minimum absolute atomic E-state index is 0.0248. The van der Waals surface area contributed by atoms with E-state index in [-0.39, 0.29) is 6.61 Å². The van der Waals surface area contributed by atoms with Gasteiger partial charge in [-0.3, -0.25) is 4.98 Å². The van der Waals surface area contributed by atoms with E-state index >= 15 is 0 Å². The molecular formula is C16H12ClNO2. The molecular weight excluding hydrogens is 274 g/mol. The van der Waals surface area contributed by atoms with Crippen LogP contribution in [0.1, 0.15) is 5.56 Å². The van der Waals surface area contributed by atoms with Crippen LogP contribution < -0.4 is 4.74 Å². The first-order valence-electron chi connectivity index (χ1n) is 6.18. The van der Waals surface area contributed by atoms with E-state index in [1.165, 1.54) is 0 Å². The van der Waals surface area contributed by atoms with Gasteiger partial charge in [0.1, 0.15) is 11.5 Å². The summed E-state index contributed by atoms with van der Waals surface area (Å²) in [4.78, 5) is 4.27. The van der Waals surface area contributed by atoms with Gasteiger partial charge in [-0.1, -0.05) is 23.7 Å². The van der Waals surface area contributed by atoms with Crippen LogP contribution in [0.4, 0.5) is 0 Å². The first-order chi connectivity index (χ1) is 9.76. The van der Waals surface area contributed by atoms with Gasteiger partial charge in [0, 0.05) is 16.6 Å². The number of benzene rings is 2. The van der Waals surface area contributed by atoms with Crippen molar-refractivity contribution < 1.29 is 9.84 Å². The lowest BCUT2D eigenvalue weighted by Crippen LogP contribution is -1.88. The molecule has 0 aliphatic rings. The monoisotopic (exact) mass is 285 g/mol. The first-order valence-corrected chi connectivity index (χ1v) is 6.56. The topological polar surface area (TPSA) is 42.4 Å². The number of pyridine rings is 1. The van der Waals surface area contributed by atoms with Crippen LogP contribution in [0.3, 0.4) is 0 Å². The summed E-state index contributed by atoms with van der Waals surface area (Å²) in [5.74, 6) is 1.44. The summed E-state index contributed by atoms with van der Waals surface area (Å²) in [7, 11) is 0. The van der Waals surface area contributed by atoms with E-state index in [0.29, 0.717) is 10.8 Å². The Bertz CT molecular complexity index is 741. The van der Waals surface area contributed by atoms with Gasteiger partial charge in [0.25, 0.3) is 0 Å². The van der Waals surface area contributed by atoms with Crippen molar-refractivity contribution in [1.29, 1.82) is 0 Å². The summed E-state index contributed by atoms with van der Waals surface area (Å²) >= 11 is 5.96. The second-order valence-corrected chi connectivity index (χ2v) is 4.81. The molecule has 0 radical (unpaired) electrons. The summed E-state index contributed by atoms with van der Waals surface area (Å²) < 4.78 is 5.87. The molecule has 0 bridgehead atoms. The zero-order chi connectivity index (χ0) is 13.9. The molecule has 100 valence electrons. The van der Waals surface area contributed by atoms with Crippen molar-refractivity contribution in [3.05, 3.63) is 65.3 Å². The molecule has 1 aromatic heterocycles. The summed E-state index contributed by atoms with van der Waals surface area (Å²) in [5.41, 5.74) is 1.64. The molecule has 1 N–H and O–H groups in total. The highest BCUT2D eigenvalue weighted by Crippen LogP contribution is 2.30. The number of nitrogens with zero attached hydrogens (tertiary/aromatic N) is 1. The van der Waals surface area contributed by atoms with Gasteiger partial charge in [-0.2, -0.15) is 0 Å². The Morgan fingerprint density at radius 2 is 1.85 bits per heavy atom. The molecule has 0 fully saturated rings. The summed E-state index contributed by atoms with van der Waals surface area (Å²) in [5, 5.41) is 10.6. The number of halogens is 1. The van der Waals surface area contributed by atoms with E-state index in [1.807, 2.05) is 42.5 Å². The molecule has 0 aliphatic heterocycles. The Balaban J connectivity index is 1.97. The van der Waals surface area contributed by atoms with Crippen LogP contribution in [-0.2, 0) is 6.61 Å². The van der Waals surface area contributed by atoms with Gasteiger partial charge in [-0.15, -0.1) is 0 Å². The molecule has 0 saturated carbocycles. The summed E-state index contributed by atoms with van der Waals surface area (Å²) in [6.45, 7) is 0.0248. The number of hydrogen-bond acceptors (Lipinski definition) is 3. The van der Waals surface area contributed by atoms with Crippen LogP contribution in [0.15, 0.2) is 54.7 Å². The molecule has 3 rings (SSSR count). The maximum atomic E-state index is 9.02. The molecule has 1 heterocycles. The lowest BCUT2D eigenvalue weighted by atomic mass is 10.2. The fourth-order valence-corrected chi connectivity index (χ4v) is 2.14. The molecule has 3 aromatic rings. The number of aliphatic hydroxyl groups is 1. The largest absolute Gasteiger partial charge is 0.457 e. The molecule has 0 aliphatic carbocycles. The van der Waals surface area contributed by atoms with Gasteiger partial charge < -0.3 is 9.84 Å². The summed E-state index contributed by atoms with van der Waals surface area (Å²) in [6, 6.07) is 14.6. The van der Waals surface area contributed by atoms with Gasteiger partial charge >= 0.3 is 0 Å². The van der Waals surface area contributed by atoms with Crippen LogP contribution >= 0.6 is 11.6 Å². The Labute approximate surface area is 121 Å². The molecule has 4 heteroatoms. The standard InChI is InChI=1S/C16H12ClNO2/c17-12-3-6-14-15(9-12)18-8-7-16(14)20-13-4-1-11(10-19)2-5-13/h1-9,19H,10H2. The van der Waals surface area contributed by atoms with Crippen molar-refractivity contribution in [2.75, 3.05) is 0 Å². The van der Waals surface area contributed by atoms with Crippen molar-refractivity contribution >= 4 is 22.5 Å². The normalized spacial score (nSPS) is 10.7. The lowest BCUT2D eigenvalue weighted by molar-refractivity contribution is 0.281. The Morgan fingerprint density at radius 3 is 2.60 bits per heavy atom. The molecule has 0 spiro atoms. The molecule has 2 aromatic carbocycles. The molecule has 3 nitrogen and oxygen atoms in total. The minimum atomic E-state index is 0.0248. The number of rotatable bonds is 3. The smallest absolute Gasteiger partial charge is 0.138 e. The van der Waals surface area contributed by atoms with Gasteiger partial charge in [-0.05, 0) is 42.0 Å². The van der Waals surface area contributed by atoms with Crippen LogP contribution in [0.25, 0.3) is 10.9 Å². The van der Waals surface area contributed by atoms with Crippen molar-refractivity contribution in [2.24, 2.45) is 0 Å². The van der Waals surface area contributed by atoms with Gasteiger partial charge in [0.15, 0.2) is 0 Å². The highest BCUT2D eigenvalue weighted by Gasteiger charge is 2.05. The molecule has 20 heavy (non-hydrogen) atoms. The average Bonchev–Trinajstić information content (AvgIpc) is 2.48. The highest BCUT2D eigenvalue weighted by molar-refractivity contribution is 6.31. The number of fused-ring (bicyclic) bond motifs is 1. The van der Waals surface area contributed by atoms with Crippen molar-refractivity contribution in [2.45, 2.75) is 6.61 Å². The Hall–Kier alpha value is -2.10. The van der Waals surface area contributed by atoms with E-state index < -0.39 is 0 Å². The second kappa shape index (κ2) is 5.49. The Morgan fingerprint density at radius 1 is 1.05 bits per heavy atom. The zero-order valence-electron chi connectivity index (χ0n) is 10.6. The number of aromatic nitrogens is 1. The van der Waals surface area contributed by atoms with Crippen LogP contribution in [0.5, 0.6) is 11.5 Å². The van der Waals surface area contributed by atoms with Gasteiger partial charge in [0.2, 0.25) is 0 Å². The van der Waals surface area contributed by atoms with Gasteiger partial charge in [-0.25, -0.2) is 0 Å². The third-order valence-corrected chi connectivity index (χ3v) is 3.23. The Kier molecular flexibility index (Phi) is 3.54. The van der Waals surface area contributed by atoms with E-state index in [2.05, 4.69) is 4.98 Å². The second-order valence-electron chi connectivity index (χ2n) is 4.37. The third kappa shape index (κ3) is 2.59. The van der Waals surface area contributed by atoms with E-state index in [0.717, 1.165) is 22.2 Å². The fourth-order valence-electron chi connectivity index (χ4n) is 1.97. The molecule has 0 unspecified atom stereocenters. The molecule has 0 saturated heterocycles. The SMILES string of the molecule is OCc1ccc(Oc2ccnc3cc(Cl)ccc23)cc1.